The Bertz CT molecular complexity index is 853. The second-order valence-corrected chi connectivity index (χ2v) is 8.21. The molecule has 0 aromatic heterocycles. The maximum Gasteiger partial charge on any atom is 0.255 e. The summed E-state index contributed by atoms with van der Waals surface area (Å²) in [4.78, 5) is 12.1. The number of hydrogen-bond donors (Lipinski definition) is 1. The molecule has 1 N–H and O–H groups in total. The molecule has 0 aliphatic carbocycles. The molecule has 0 aliphatic rings. The molecule has 0 spiro atoms. The molecule has 0 atom stereocenters. The fraction of sp³-hybridized carbons (Fsp3) is 0.0714. The molecule has 116 valence electrons. The van der Waals surface area contributed by atoms with Crippen molar-refractivity contribution in [2.45, 2.75) is 4.90 Å². The van der Waals surface area contributed by atoms with Crippen LogP contribution in [0.5, 0.6) is 0 Å². The Labute approximate surface area is 146 Å². The van der Waals surface area contributed by atoms with E-state index in [4.69, 9.17) is 23.2 Å². The van der Waals surface area contributed by atoms with Gasteiger partial charge in [0.15, 0.2) is 9.84 Å². The van der Waals surface area contributed by atoms with Crippen molar-refractivity contribution in [1.29, 1.82) is 0 Å². The third kappa shape index (κ3) is 4.01. The Hall–Kier alpha value is -1.08. The van der Waals surface area contributed by atoms with Crippen LogP contribution < -0.4 is 5.32 Å². The van der Waals surface area contributed by atoms with Crippen LogP contribution >= 0.6 is 39.1 Å². The highest BCUT2D eigenvalue weighted by molar-refractivity contribution is 9.10. The number of sulfone groups is 1. The minimum absolute atomic E-state index is 0.0701. The van der Waals surface area contributed by atoms with Gasteiger partial charge in [0.1, 0.15) is 0 Å². The summed E-state index contributed by atoms with van der Waals surface area (Å²) in [5.41, 5.74) is 0.592. The summed E-state index contributed by atoms with van der Waals surface area (Å²) in [6.07, 6.45) is 1.03. The maximum atomic E-state index is 12.2. The van der Waals surface area contributed by atoms with E-state index in [1.165, 1.54) is 18.2 Å². The van der Waals surface area contributed by atoms with E-state index in [-0.39, 0.29) is 15.5 Å². The summed E-state index contributed by atoms with van der Waals surface area (Å²) >= 11 is 15.1. The van der Waals surface area contributed by atoms with Gasteiger partial charge in [-0.3, -0.25) is 4.79 Å². The van der Waals surface area contributed by atoms with Crippen LogP contribution in [-0.4, -0.2) is 20.6 Å². The van der Waals surface area contributed by atoms with E-state index < -0.39 is 15.7 Å². The quantitative estimate of drug-likeness (QED) is 0.796. The van der Waals surface area contributed by atoms with Gasteiger partial charge in [0.25, 0.3) is 5.91 Å². The number of halogens is 3. The van der Waals surface area contributed by atoms with Crippen molar-refractivity contribution >= 4 is 60.6 Å². The third-order valence-electron chi connectivity index (χ3n) is 2.77. The molecule has 0 saturated carbocycles. The average Bonchev–Trinajstić information content (AvgIpc) is 2.41. The Morgan fingerprint density at radius 2 is 1.77 bits per heavy atom. The van der Waals surface area contributed by atoms with Gasteiger partial charge < -0.3 is 5.32 Å². The molecule has 1 amide bonds. The molecule has 0 unspecified atom stereocenters. The van der Waals surface area contributed by atoms with E-state index in [1.54, 1.807) is 18.2 Å². The lowest BCUT2D eigenvalue weighted by Gasteiger charge is -2.09. The number of anilines is 1. The van der Waals surface area contributed by atoms with Crippen LogP contribution in [0, 0.1) is 0 Å². The van der Waals surface area contributed by atoms with Gasteiger partial charge in [0.05, 0.1) is 20.6 Å². The Balaban J connectivity index is 2.34. The minimum Gasteiger partial charge on any atom is -0.321 e. The monoisotopic (exact) mass is 421 g/mol. The summed E-state index contributed by atoms with van der Waals surface area (Å²) in [5, 5.41) is 3.05. The van der Waals surface area contributed by atoms with Crippen molar-refractivity contribution in [3.05, 3.63) is 56.5 Å². The van der Waals surface area contributed by atoms with Crippen LogP contribution in [0.3, 0.4) is 0 Å². The number of nitrogens with one attached hydrogen (secondary N) is 1. The van der Waals surface area contributed by atoms with E-state index in [0.717, 1.165) is 10.7 Å². The highest BCUT2D eigenvalue weighted by atomic mass is 79.9. The predicted molar refractivity (Wildman–Crippen MR) is 91.7 cm³/mol. The molecule has 0 aliphatic heterocycles. The molecule has 2 aromatic carbocycles. The summed E-state index contributed by atoms with van der Waals surface area (Å²) < 4.78 is 24.1. The molecule has 0 heterocycles. The zero-order chi connectivity index (χ0) is 16.5. The van der Waals surface area contributed by atoms with Gasteiger partial charge in [-0.2, -0.15) is 0 Å². The first kappa shape index (κ1) is 17.3. The summed E-state index contributed by atoms with van der Waals surface area (Å²) in [7, 11) is -3.52. The standard InChI is InChI=1S/C14H10BrCl2NO3S/c1-22(20,21)13-6-8(2-4-10(13)16)14(19)18-12-5-3-9(15)7-11(12)17/h2-7H,1H3,(H,18,19). The highest BCUT2D eigenvalue weighted by Crippen LogP contribution is 2.27. The molecule has 0 radical (unpaired) electrons. The largest absolute Gasteiger partial charge is 0.321 e. The van der Waals surface area contributed by atoms with Crippen molar-refractivity contribution in [2.24, 2.45) is 0 Å². The molecular weight excluding hydrogens is 413 g/mol. The maximum absolute atomic E-state index is 12.2. The van der Waals surface area contributed by atoms with E-state index in [2.05, 4.69) is 21.2 Å². The zero-order valence-electron chi connectivity index (χ0n) is 11.2. The van der Waals surface area contributed by atoms with Gasteiger partial charge >= 0.3 is 0 Å². The van der Waals surface area contributed by atoms with Gasteiger partial charge in [0.2, 0.25) is 0 Å². The molecular formula is C14H10BrCl2NO3S. The van der Waals surface area contributed by atoms with Crippen LogP contribution in [0.15, 0.2) is 45.8 Å². The van der Waals surface area contributed by atoms with Crippen LogP contribution in [-0.2, 0) is 9.84 Å². The van der Waals surface area contributed by atoms with Gasteiger partial charge in [-0.1, -0.05) is 39.1 Å². The number of benzene rings is 2. The lowest BCUT2D eigenvalue weighted by atomic mass is 10.2. The molecule has 0 fully saturated rings. The van der Waals surface area contributed by atoms with Crippen LogP contribution in [0.25, 0.3) is 0 Å². The van der Waals surface area contributed by atoms with Crippen molar-refractivity contribution in [1.82, 2.24) is 0 Å². The molecule has 2 rings (SSSR count). The first-order valence-corrected chi connectivity index (χ1v) is 9.38. The number of rotatable bonds is 3. The second-order valence-electron chi connectivity index (χ2n) is 4.50. The Morgan fingerprint density at radius 3 is 2.36 bits per heavy atom. The lowest BCUT2D eigenvalue weighted by molar-refractivity contribution is 0.102. The Morgan fingerprint density at radius 1 is 1.09 bits per heavy atom. The molecule has 8 heteroatoms. The average molecular weight is 423 g/mol. The third-order valence-corrected chi connectivity index (χ3v) is 5.16. The lowest BCUT2D eigenvalue weighted by Crippen LogP contribution is -2.13. The van der Waals surface area contributed by atoms with E-state index in [9.17, 15) is 13.2 Å². The van der Waals surface area contributed by atoms with Gasteiger partial charge in [-0.25, -0.2) is 8.42 Å². The van der Waals surface area contributed by atoms with Gasteiger partial charge in [0, 0.05) is 16.3 Å². The topological polar surface area (TPSA) is 63.2 Å². The second kappa shape index (κ2) is 6.58. The van der Waals surface area contributed by atoms with Crippen molar-refractivity contribution in [2.75, 3.05) is 11.6 Å². The van der Waals surface area contributed by atoms with Gasteiger partial charge in [-0.05, 0) is 36.4 Å². The summed E-state index contributed by atoms with van der Waals surface area (Å²) in [5.74, 6) is -0.481. The summed E-state index contributed by atoms with van der Waals surface area (Å²) in [6, 6.07) is 9.05. The van der Waals surface area contributed by atoms with Crippen molar-refractivity contribution in [3.8, 4) is 0 Å². The van der Waals surface area contributed by atoms with Crippen molar-refractivity contribution in [3.63, 3.8) is 0 Å². The fourth-order valence-corrected chi connectivity index (χ4v) is 3.74. The normalized spacial score (nSPS) is 11.3. The first-order chi connectivity index (χ1) is 10.2. The first-order valence-electron chi connectivity index (χ1n) is 5.94. The van der Waals surface area contributed by atoms with Gasteiger partial charge in [-0.15, -0.1) is 0 Å². The van der Waals surface area contributed by atoms with E-state index in [0.29, 0.717) is 10.7 Å². The number of carbonyl (C=O) groups excluding carboxylic acids is 1. The number of carbonyl (C=O) groups is 1. The number of amides is 1. The molecule has 2 aromatic rings. The SMILES string of the molecule is CS(=O)(=O)c1cc(C(=O)Nc2ccc(Br)cc2Cl)ccc1Cl. The number of hydrogen-bond acceptors (Lipinski definition) is 3. The van der Waals surface area contributed by atoms with E-state index >= 15 is 0 Å². The van der Waals surface area contributed by atoms with Crippen LogP contribution in [0.1, 0.15) is 10.4 Å². The molecule has 0 saturated heterocycles. The van der Waals surface area contributed by atoms with Crippen LogP contribution in [0.4, 0.5) is 5.69 Å². The highest BCUT2D eigenvalue weighted by Gasteiger charge is 2.16. The summed E-state index contributed by atoms with van der Waals surface area (Å²) in [6.45, 7) is 0. The molecule has 4 nitrogen and oxygen atoms in total. The zero-order valence-corrected chi connectivity index (χ0v) is 15.1. The molecule has 0 bridgehead atoms. The molecule has 22 heavy (non-hydrogen) atoms. The fourth-order valence-electron chi connectivity index (χ4n) is 1.71. The van der Waals surface area contributed by atoms with Crippen molar-refractivity contribution < 1.29 is 13.2 Å². The smallest absolute Gasteiger partial charge is 0.255 e. The predicted octanol–water partition coefficient (Wildman–Crippen LogP) is 4.41. The van der Waals surface area contributed by atoms with Crippen LogP contribution in [0.2, 0.25) is 10.0 Å². The Kier molecular flexibility index (Phi) is 5.17. The van der Waals surface area contributed by atoms with E-state index in [1.807, 2.05) is 0 Å². The minimum atomic E-state index is -3.52.